The molecule has 0 radical (unpaired) electrons. The maximum absolute atomic E-state index is 12.2. The zero-order valence-corrected chi connectivity index (χ0v) is 12.5. The van der Waals surface area contributed by atoms with Gasteiger partial charge >= 0.3 is 0 Å². The SMILES string of the molecule is CCC1(CNC(=O)c2cc(Cl)nc(NN)c2)CCCC1. The third-order valence-corrected chi connectivity index (χ3v) is 4.44. The first-order valence-corrected chi connectivity index (χ1v) is 7.39. The van der Waals surface area contributed by atoms with Crippen molar-refractivity contribution in [2.45, 2.75) is 39.0 Å². The van der Waals surface area contributed by atoms with Crippen molar-refractivity contribution in [1.82, 2.24) is 10.3 Å². The lowest BCUT2D eigenvalue weighted by molar-refractivity contribution is 0.0928. The van der Waals surface area contributed by atoms with Crippen LogP contribution < -0.4 is 16.6 Å². The highest BCUT2D eigenvalue weighted by atomic mass is 35.5. The van der Waals surface area contributed by atoms with Crippen LogP contribution in [0, 0.1) is 5.41 Å². The molecule has 1 aromatic rings. The molecule has 20 heavy (non-hydrogen) atoms. The monoisotopic (exact) mass is 296 g/mol. The Labute approximate surface area is 124 Å². The summed E-state index contributed by atoms with van der Waals surface area (Å²) in [6.07, 6.45) is 5.99. The van der Waals surface area contributed by atoms with Crippen molar-refractivity contribution >= 4 is 23.3 Å². The number of nitrogens with one attached hydrogen (secondary N) is 2. The molecule has 1 saturated carbocycles. The fourth-order valence-electron chi connectivity index (χ4n) is 2.85. The molecule has 0 unspecified atom stereocenters. The second kappa shape index (κ2) is 6.41. The highest BCUT2D eigenvalue weighted by Gasteiger charge is 2.32. The van der Waals surface area contributed by atoms with E-state index in [0.29, 0.717) is 17.9 Å². The van der Waals surface area contributed by atoms with Crippen molar-refractivity contribution in [2.24, 2.45) is 11.3 Å². The standard InChI is InChI=1S/C14H21ClN4O/c1-2-14(5-3-4-6-14)9-17-13(20)10-7-11(15)18-12(8-10)19-16/h7-8H,2-6,9,16H2,1H3,(H,17,20)(H,18,19). The number of halogens is 1. The molecule has 1 amide bonds. The minimum atomic E-state index is -0.134. The molecule has 4 N–H and O–H groups in total. The number of pyridine rings is 1. The Bertz CT molecular complexity index is 486. The Morgan fingerprint density at radius 3 is 2.75 bits per heavy atom. The summed E-state index contributed by atoms with van der Waals surface area (Å²) in [6, 6.07) is 3.14. The Morgan fingerprint density at radius 2 is 2.15 bits per heavy atom. The van der Waals surface area contributed by atoms with Gasteiger partial charge in [0.25, 0.3) is 5.91 Å². The molecular weight excluding hydrogens is 276 g/mol. The molecule has 6 heteroatoms. The quantitative estimate of drug-likeness (QED) is 0.443. The number of hydrogen-bond donors (Lipinski definition) is 3. The van der Waals surface area contributed by atoms with Crippen LogP contribution in [0.5, 0.6) is 0 Å². The van der Waals surface area contributed by atoms with E-state index in [4.69, 9.17) is 17.4 Å². The van der Waals surface area contributed by atoms with Gasteiger partial charge in [0, 0.05) is 12.1 Å². The van der Waals surface area contributed by atoms with Gasteiger partial charge in [-0.2, -0.15) is 0 Å². The van der Waals surface area contributed by atoms with Crippen LogP contribution in [0.4, 0.5) is 5.82 Å². The third-order valence-electron chi connectivity index (χ3n) is 4.24. The number of carbonyl (C=O) groups is 1. The lowest BCUT2D eigenvalue weighted by atomic mass is 9.83. The highest BCUT2D eigenvalue weighted by Crippen LogP contribution is 2.40. The first-order valence-electron chi connectivity index (χ1n) is 7.01. The average Bonchev–Trinajstić information content (AvgIpc) is 2.93. The third kappa shape index (κ3) is 3.41. The zero-order chi connectivity index (χ0) is 14.6. The molecule has 1 aromatic heterocycles. The minimum absolute atomic E-state index is 0.134. The maximum Gasteiger partial charge on any atom is 0.251 e. The topological polar surface area (TPSA) is 80.0 Å². The van der Waals surface area contributed by atoms with Gasteiger partial charge in [-0.1, -0.05) is 31.4 Å². The van der Waals surface area contributed by atoms with Gasteiger partial charge in [-0.05, 0) is 36.8 Å². The number of aromatic nitrogens is 1. The smallest absolute Gasteiger partial charge is 0.251 e. The van der Waals surface area contributed by atoms with E-state index in [1.54, 1.807) is 12.1 Å². The van der Waals surface area contributed by atoms with Crippen LogP contribution in [-0.2, 0) is 0 Å². The second-order valence-electron chi connectivity index (χ2n) is 5.45. The van der Waals surface area contributed by atoms with Crippen molar-refractivity contribution in [3.8, 4) is 0 Å². The molecule has 0 aliphatic heterocycles. The molecule has 0 bridgehead atoms. The van der Waals surface area contributed by atoms with Crippen molar-refractivity contribution in [3.63, 3.8) is 0 Å². The number of amides is 1. The van der Waals surface area contributed by atoms with Crippen LogP contribution in [0.1, 0.15) is 49.4 Å². The van der Waals surface area contributed by atoms with Gasteiger partial charge in [0.1, 0.15) is 11.0 Å². The Balaban J connectivity index is 2.03. The van der Waals surface area contributed by atoms with Gasteiger partial charge in [0.15, 0.2) is 0 Å². The van der Waals surface area contributed by atoms with Gasteiger partial charge < -0.3 is 10.7 Å². The number of nitrogen functional groups attached to an aromatic ring is 1. The van der Waals surface area contributed by atoms with Crippen molar-refractivity contribution < 1.29 is 4.79 Å². The van der Waals surface area contributed by atoms with Crippen LogP contribution >= 0.6 is 11.6 Å². The van der Waals surface area contributed by atoms with Gasteiger partial charge in [-0.15, -0.1) is 0 Å². The molecule has 0 aromatic carbocycles. The fourth-order valence-corrected chi connectivity index (χ4v) is 3.06. The molecule has 1 aliphatic carbocycles. The van der Waals surface area contributed by atoms with Crippen molar-refractivity contribution in [1.29, 1.82) is 0 Å². The summed E-state index contributed by atoms with van der Waals surface area (Å²) in [5.41, 5.74) is 3.14. The van der Waals surface area contributed by atoms with Gasteiger partial charge in [-0.25, -0.2) is 10.8 Å². The summed E-state index contributed by atoms with van der Waals surface area (Å²) >= 11 is 5.87. The van der Waals surface area contributed by atoms with Crippen LogP contribution in [0.2, 0.25) is 5.15 Å². The second-order valence-corrected chi connectivity index (χ2v) is 5.84. The Morgan fingerprint density at radius 1 is 1.45 bits per heavy atom. The van der Waals surface area contributed by atoms with E-state index < -0.39 is 0 Å². The molecule has 0 atom stereocenters. The molecule has 1 heterocycles. The number of hydrogen-bond acceptors (Lipinski definition) is 4. The number of hydrazine groups is 1. The summed E-state index contributed by atoms with van der Waals surface area (Å²) in [6.45, 7) is 2.91. The number of nitrogens with two attached hydrogens (primary N) is 1. The minimum Gasteiger partial charge on any atom is -0.351 e. The lowest BCUT2D eigenvalue weighted by Crippen LogP contribution is -2.35. The summed E-state index contributed by atoms with van der Waals surface area (Å²) in [5, 5.41) is 3.26. The van der Waals surface area contributed by atoms with Gasteiger partial charge in [-0.3, -0.25) is 4.79 Å². The normalized spacial score (nSPS) is 16.9. The summed E-state index contributed by atoms with van der Waals surface area (Å²) in [7, 11) is 0. The first kappa shape index (κ1) is 15.1. The molecule has 1 fully saturated rings. The van der Waals surface area contributed by atoms with Crippen molar-refractivity contribution in [3.05, 3.63) is 22.8 Å². The van der Waals surface area contributed by atoms with E-state index in [-0.39, 0.29) is 16.5 Å². The van der Waals surface area contributed by atoms with Gasteiger partial charge in [0.05, 0.1) is 0 Å². The van der Waals surface area contributed by atoms with E-state index in [0.717, 1.165) is 6.42 Å². The molecule has 2 rings (SSSR count). The van der Waals surface area contributed by atoms with E-state index in [1.165, 1.54) is 25.7 Å². The summed E-state index contributed by atoms with van der Waals surface area (Å²) in [5.74, 6) is 5.55. The Kier molecular flexibility index (Phi) is 4.83. The summed E-state index contributed by atoms with van der Waals surface area (Å²) < 4.78 is 0. The molecule has 1 aliphatic rings. The number of nitrogens with zero attached hydrogens (tertiary/aromatic N) is 1. The van der Waals surface area contributed by atoms with Crippen LogP contribution in [0.25, 0.3) is 0 Å². The predicted molar refractivity (Wildman–Crippen MR) is 80.6 cm³/mol. The van der Waals surface area contributed by atoms with Crippen LogP contribution in [0.3, 0.4) is 0 Å². The molecule has 0 saturated heterocycles. The molecule has 110 valence electrons. The maximum atomic E-state index is 12.2. The molecular formula is C14H21ClN4O. The first-order chi connectivity index (χ1) is 9.58. The van der Waals surface area contributed by atoms with E-state index in [1.807, 2.05) is 0 Å². The predicted octanol–water partition coefficient (Wildman–Crippen LogP) is 2.72. The summed E-state index contributed by atoms with van der Waals surface area (Å²) in [4.78, 5) is 16.2. The van der Waals surface area contributed by atoms with Crippen LogP contribution in [0.15, 0.2) is 12.1 Å². The molecule has 0 spiro atoms. The van der Waals surface area contributed by atoms with E-state index in [9.17, 15) is 4.79 Å². The highest BCUT2D eigenvalue weighted by molar-refractivity contribution is 6.29. The van der Waals surface area contributed by atoms with E-state index in [2.05, 4.69) is 22.7 Å². The molecule has 5 nitrogen and oxygen atoms in total. The average molecular weight is 297 g/mol. The number of carbonyl (C=O) groups excluding carboxylic acids is 1. The van der Waals surface area contributed by atoms with Crippen molar-refractivity contribution in [2.75, 3.05) is 12.0 Å². The fraction of sp³-hybridized carbons (Fsp3) is 0.571. The van der Waals surface area contributed by atoms with E-state index >= 15 is 0 Å². The lowest BCUT2D eigenvalue weighted by Gasteiger charge is -2.27. The Hall–Kier alpha value is -1.33. The largest absolute Gasteiger partial charge is 0.351 e. The number of anilines is 1. The van der Waals surface area contributed by atoms with Crippen LogP contribution in [-0.4, -0.2) is 17.4 Å². The van der Waals surface area contributed by atoms with Gasteiger partial charge in [0.2, 0.25) is 0 Å². The number of rotatable bonds is 5. The zero-order valence-electron chi connectivity index (χ0n) is 11.7.